The van der Waals surface area contributed by atoms with Crippen molar-refractivity contribution in [3.8, 4) is 0 Å². The summed E-state index contributed by atoms with van der Waals surface area (Å²) in [6, 6.07) is 7.03. The van der Waals surface area contributed by atoms with E-state index in [0.717, 1.165) is 11.1 Å². The van der Waals surface area contributed by atoms with Crippen molar-refractivity contribution in [1.29, 1.82) is 0 Å². The van der Waals surface area contributed by atoms with Crippen molar-refractivity contribution in [2.45, 2.75) is 6.54 Å². The molecule has 0 atom stereocenters. The van der Waals surface area contributed by atoms with E-state index in [1.54, 1.807) is 24.3 Å². The molecule has 1 heterocycles. The van der Waals surface area contributed by atoms with E-state index in [4.69, 9.17) is 23.2 Å². The van der Waals surface area contributed by atoms with Gasteiger partial charge in [-0.2, -0.15) is 0 Å². The van der Waals surface area contributed by atoms with E-state index < -0.39 is 0 Å². The molecule has 98 valence electrons. The molecule has 1 aromatic carbocycles. The van der Waals surface area contributed by atoms with Crippen molar-refractivity contribution >= 4 is 35.2 Å². The second-order valence-corrected chi connectivity index (χ2v) is 4.78. The van der Waals surface area contributed by atoms with Crippen LogP contribution >= 0.6 is 23.2 Å². The Kier molecular flexibility index (Phi) is 4.66. The summed E-state index contributed by atoms with van der Waals surface area (Å²) in [6.07, 6.45) is 6.75. The minimum atomic E-state index is -0.174. The lowest BCUT2D eigenvalue weighted by atomic mass is 10.2. The molecule has 3 nitrogen and oxygen atoms in total. The molecule has 2 N–H and O–H groups in total. The molecular weight excluding hydrogens is 283 g/mol. The molecule has 0 unspecified atom stereocenters. The standard InChI is InChI=1S/C14H12Cl2N2O/c15-12-3-1-11(13(16)7-12)2-4-14(19)18-9-10-5-6-17-8-10/h1-8,17H,9H2,(H,18,19)/b4-2+. The first kappa shape index (κ1) is 13.7. The summed E-state index contributed by atoms with van der Waals surface area (Å²) >= 11 is 11.8. The van der Waals surface area contributed by atoms with Crippen molar-refractivity contribution in [2.75, 3.05) is 0 Å². The second-order valence-electron chi connectivity index (χ2n) is 3.94. The average Bonchev–Trinajstić information content (AvgIpc) is 2.88. The number of aromatic amines is 1. The van der Waals surface area contributed by atoms with Gasteiger partial charge in [0.1, 0.15) is 0 Å². The van der Waals surface area contributed by atoms with Gasteiger partial charge in [0.05, 0.1) is 0 Å². The van der Waals surface area contributed by atoms with E-state index in [-0.39, 0.29) is 5.91 Å². The van der Waals surface area contributed by atoms with Gasteiger partial charge in [-0.25, -0.2) is 0 Å². The van der Waals surface area contributed by atoms with Gasteiger partial charge in [0.15, 0.2) is 0 Å². The maximum atomic E-state index is 11.6. The van der Waals surface area contributed by atoms with Crippen LogP contribution in [0.15, 0.2) is 42.7 Å². The molecule has 0 saturated carbocycles. The Balaban J connectivity index is 1.92. The van der Waals surface area contributed by atoms with Crippen molar-refractivity contribution in [3.63, 3.8) is 0 Å². The lowest BCUT2D eigenvalue weighted by molar-refractivity contribution is -0.116. The molecule has 2 rings (SSSR count). The SMILES string of the molecule is O=C(/C=C/c1ccc(Cl)cc1Cl)NCc1cc[nH]c1. The number of H-pyrrole nitrogens is 1. The van der Waals surface area contributed by atoms with Gasteiger partial charge >= 0.3 is 0 Å². The highest BCUT2D eigenvalue weighted by Gasteiger charge is 2.00. The Morgan fingerprint density at radius 3 is 2.84 bits per heavy atom. The minimum Gasteiger partial charge on any atom is -0.367 e. The highest BCUT2D eigenvalue weighted by Crippen LogP contribution is 2.21. The van der Waals surface area contributed by atoms with E-state index in [1.807, 2.05) is 18.5 Å². The van der Waals surface area contributed by atoms with Crippen LogP contribution in [0.3, 0.4) is 0 Å². The topological polar surface area (TPSA) is 44.9 Å². The summed E-state index contributed by atoms with van der Waals surface area (Å²) in [5.74, 6) is -0.174. The molecule has 2 aromatic rings. The molecule has 0 bridgehead atoms. The van der Waals surface area contributed by atoms with Gasteiger partial charge in [-0.1, -0.05) is 29.3 Å². The number of nitrogens with one attached hydrogen (secondary N) is 2. The largest absolute Gasteiger partial charge is 0.367 e. The molecule has 0 aliphatic heterocycles. The fraction of sp³-hybridized carbons (Fsp3) is 0.0714. The summed E-state index contributed by atoms with van der Waals surface area (Å²) < 4.78 is 0. The molecule has 0 radical (unpaired) electrons. The zero-order valence-corrected chi connectivity index (χ0v) is 11.5. The van der Waals surface area contributed by atoms with Gasteiger partial charge in [-0.3, -0.25) is 4.79 Å². The number of halogens is 2. The Morgan fingerprint density at radius 1 is 1.32 bits per heavy atom. The highest BCUT2D eigenvalue weighted by atomic mass is 35.5. The quantitative estimate of drug-likeness (QED) is 0.831. The first-order valence-corrected chi connectivity index (χ1v) is 6.43. The number of aromatic nitrogens is 1. The van der Waals surface area contributed by atoms with E-state index >= 15 is 0 Å². The van der Waals surface area contributed by atoms with Gasteiger partial charge in [0.25, 0.3) is 0 Å². The van der Waals surface area contributed by atoms with E-state index in [1.165, 1.54) is 6.08 Å². The zero-order valence-electron chi connectivity index (χ0n) is 9.99. The number of carbonyl (C=O) groups excluding carboxylic acids is 1. The normalized spacial score (nSPS) is 10.8. The summed E-state index contributed by atoms with van der Waals surface area (Å²) in [4.78, 5) is 14.5. The third-order valence-corrected chi connectivity index (χ3v) is 3.07. The molecule has 0 spiro atoms. The Bertz CT molecular complexity index is 591. The third-order valence-electron chi connectivity index (χ3n) is 2.51. The van der Waals surface area contributed by atoms with Gasteiger partial charge in [-0.15, -0.1) is 0 Å². The molecule has 1 amide bonds. The summed E-state index contributed by atoms with van der Waals surface area (Å²) in [6.45, 7) is 0.487. The zero-order chi connectivity index (χ0) is 13.7. The smallest absolute Gasteiger partial charge is 0.244 e. The van der Waals surface area contributed by atoms with Crippen molar-refractivity contribution < 1.29 is 4.79 Å². The Labute approximate surface area is 121 Å². The van der Waals surface area contributed by atoms with Gasteiger partial charge < -0.3 is 10.3 Å². The lowest BCUT2D eigenvalue weighted by Gasteiger charge is -2.00. The molecule has 5 heteroatoms. The number of amides is 1. The van der Waals surface area contributed by atoms with Gasteiger partial charge in [0, 0.05) is 35.1 Å². The van der Waals surface area contributed by atoms with Crippen LogP contribution in [-0.4, -0.2) is 10.9 Å². The van der Waals surface area contributed by atoms with Crippen LogP contribution in [0.2, 0.25) is 10.0 Å². The molecule has 1 aromatic heterocycles. The first-order chi connectivity index (χ1) is 9.15. The average molecular weight is 295 g/mol. The maximum absolute atomic E-state index is 11.6. The van der Waals surface area contributed by atoms with Crippen molar-refractivity contribution in [2.24, 2.45) is 0 Å². The molecule has 0 fully saturated rings. The van der Waals surface area contributed by atoms with Crippen molar-refractivity contribution in [1.82, 2.24) is 10.3 Å². The van der Waals surface area contributed by atoms with Crippen LogP contribution in [0.1, 0.15) is 11.1 Å². The minimum absolute atomic E-state index is 0.174. The monoisotopic (exact) mass is 294 g/mol. The van der Waals surface area contributed by atoms with Gasteiger partial charge in [0.2, 0.25) is 5.91 Å². The van der Waals surface area contributed by atoms with Gasteiger partial charge in [-0.05, 0) is 35.4 Å². The molecule has 0 saturated heterocycles. The molecule has 0 aliphatic carbocycles. The van der Waals surface area contributed by atoms with Crippen LogP contribution in [0.5, 0.6) is 0 Å². The van der Waals surface area contributed by atoms with E-state index in [2.05, 4.69) is 10.3 Å². The number of carbonyl (C=O) groups is 1. The molecular formula is C14H12Cl2N2O. The lowest BCUT2D eigenvalue weighted by Crippen LogP contribution is -2.19. The maximum Gasteiger partial charge on any atom is 0.244 e. The van der Waals surface area contributed by atoms with Crippen molar-refractivity contribution in [3.05, 3.63) is 63.9 Å². The fourth-order valence-electron chi connectivity index (χ4n) is 1.52. The number of hydrogen-bond donors (Lipinski definition) is 2. The van der Waals surface area contributed by atoms with Crippen LogP contribution in [-0.2, 0) is 11.3 Å². The number of rotatable bonds is 4. The van der Waals surface area contributed by atoms with E-state index in [0.29, 0.717) is 16.6 Å². The molecule has 0 aliphatic rings. The predicted octanol–water partition coefficient (Wildman–Crippen LogP) is 3.65. The summed E-state index contributed by atoms with van der Waals surface area (Å²) in [5, 5.41) is 3.86. The van der Waals surface area contributed by atoms with Crippen LogP contribution in [0.25, 0.3) is 6.08 Å². The Hall–Kier alpha value is -1.71. The van der Waals surface area contributed by atoms with Crippen LogP contribution in [0.4, 0.5) is 0 Å². The van der Waals surface area contributed by atoms with Crippen LogP contribution in [0, 0.1) is 0 Å². The van der Waals surface area contributed by atoms with E-state index in [9.17, 15) is 4.79 Å². The highest BCUT2D eigenvalue weighted by molar-refractivity contribution is 6.35. The third kappa shape index (κ3) is 4.16. The summed E-state index contributed by atoms with van der Waals surface area (Å²) in [5.41, 5.74) is 1.77. The Morgan fingerprint density at radius 2 is 2.16 bits per heavy atom. The fourth-order valence-corrected chi connectivity index (χ4v) is 1.99. The number of hydrogen-bond acceptors (Lipinski definition) is 1. The molecule has 19 heavy (non-hydrogen) atoms. The summed E-state index contributed by atoms with van der Waals surface area (Å²) in [7, 11) is 0. The predicted molar refractivity (Wildman–Crippen MR) is 78.1 cm³/mol. The number of benzene rings is 1. The second kappa shape index (κ2) is 6.45. The first-order valence-electron chi connectivity index (χ1n) is 5.68. The van der Waals surface area contributed by atoms with Crippen LogP contribution < -0.4 is 5.32 Å².